The normalized spacial score (nSPS) is 11.5. The van der Waals surface area contributed by atoms with Gasteiger partial charge in [0, 0.05) is 18.1 Å². The van der Waals surface area contributed by atoms with Crippen LogP contribution in [0.5, 0.6) is 0 Å². The molecule has 0 aliphatic heterocycles. The topological polar surface area (TPSA) is 90.5 Å². The highest BCUT2D eigenvalue weighted by atomic mass is 32.2. The number of allylic oxidation sites excluding steroid dienone is 1. The minimum atomic E-state index is -4.29. The molecule has 31 heavy (non-hydrogen) atoms. The maximum Gasteiger partial charge on any atom is 0.417 e. The molecular weight excluding hydrogens is 425 g/mol. The molecule has 2 aromatic rings. The minimum absolute atomic E-state index is 0.322. The third kappa shape index (κ3) is 6.89. The summed E-state index contributed by atoms with van der Waals surface area (Å²) in [4.78, 5) is 8.24. The highest BCUT2D eigenvalue weighted by molar-refractivity contribution is 7.73. The summed E-state index contributed by atoms with van der Waals surface area (Å²) in [5.74, 6) is 0. The van der Waals surface area contributed by atoms with Crippen LogP contribution in [0.2, 0.25) is 0 Å². The number of nitriles is 1. The number of hydrogen-bond donors (Lipinski definition) is 1. The van der Waals surface area contributed by atoms with Gasteiger partial charge in [-0.1, -0.05) is 31.4 Å². The first kappa shape index (κ1) is 26.3. The Morgan fingerprint density at radius 2 is 1.77 bits per heavy atom. The van der Waals surface area contributed by atoms with Gasteiger partial charge in [0.15, 0.2) is 0 Å². The van der Waals surface area contributed by atoms with Crippen LogP contribution in [0.3, 0.4) is 0 Å². The summed E-state index contributed by atoms with van der Waals surface area (Å²) in [6, 6.07) is 4.94. The van der Waals surface area contributed by atoms with Crippen molar-refractivity contribution in [2.75, 3.05) is 0 Å². The van der Waals surface area contributed by atoms with E-state index in [1.165, 1.54) is 0 Å². The number of alkyl halides is 3. The molecule has 2 rings (SSSR count). The van der Waals surface area contributed by atoms with Gasteiger partial charge in [0.05, 0.1) is 22.7 Å². The molecule has 0 saturated heterocycles. The van der Waals surface area contributed by atoms with Crippen molar-refractivity contribution in [1.82, 2.24) is 9.97 Å². The van der Waals surface area contributed by atoms with Gasteiger partial charge >= 0.3 is 6.18 Å². The Labute approximate surface area is 183 Å². The summed E-state index contributed by atoms with van der Waals surface area (Å²) in [6.07, 6.45) is -0.574. The molecule has 9 heteroatoms. The lowest BCUT2D eigenvalue weighted by atomic mass is 9.87. The molecule has 0 amide bonds. The van der Waals surface area contributed by atoms with Crippen LogP contribution >= 0.6 is 0 Å². The van der Waals surface area contributed by atoms with Crippen molar-refractivity contribution < 1.29 is 17.4 Å². The summed E-state index contributed by atoms with van der Waals surface area (Å²) in [5.41, 5.74) is 1.83. The number of rotatable bonds is 5. The Kier molecular flexibility index (Phi) is 8.94. The van der Waals surface area contributed by atoms with E-state index in [-0.39, 0.29) is 0 Å². The lowest BCUT2D eigenvalue weighted by molar-refractivity contribution is -0.137. The second-order valence-electron chi connectivity index (χ2n) is 7.35. The second kappa shape index (κ2) is 10.5. The maximum atomic E-state index is 12.2. The van der Waals surface area contributed by atoms with Crippen LogP contribution < -0.4 is 0 Å². The third-order valence-corrected chi connectivity index (χ3v) is 5.43. The predicted molar refractivity (Wildman–Crippen MR) is 115 cm³/mol. The Balaban J connectivity index is 0.000000327. The summed E-state index contributed by atoms with van der Waals surface area (Å²) < 4.78 is 55.5. The zero-order valence-electron chi connectivity index (χ0n) is 18.2. The van der Waals surface area contributed by atoms with Gasteiger partial charge in [0.25, 0.3) is 0 Å². The van der Waals surface area contributed by atoms with Crippen molar-refractivity contribution in [2.24, 2.45) is 0 Å². The number of nitrogens with zero attached hydrogens (tertiary/aromatic N) is 3. The number of aromatic nitrogens is 2. The molecule has 0 aromatic carbocycles. The van der Waals surface area contributed by atoms with Crippen LogP contribution in [0.15, 0.2) is 36.0 Å². The van der Waals surface area contributed by atoms with Crippen LogP contribution in [-0.4, -0.2) is 9.97 Å². The largest absolute Gasteiger partial charge is 0.440 e. The van der Waals surface area contributed by atoms with E-state index in [9.17, 15) is 17.4 Å². The number of aryl methyl sites for hydroxylation is 2. The first-order chi connectivity index (χ1) is 14.3. The van der Waals surface area contributed by atoms with Crippen LogP contribution in [-0.2, 0) is 32.8 Å². The van der Waals surface area contributed by atoms with Gasteiger partial charge in [-0.15, -0.1) is 0 Å². The zero-order chi connectivity index (χ0) is 24.0. The van der Waals surface area contributed by atoms with E-state index in [0.717, 1.165) is 17.8 Å². The molecule has 5 nitrogen and oxygen atoms in total. The molecule has 0 saturated carbocycles. The van der Waals surface area contributed by atoms with Gasteiger partial charge in [-0.05, 0) is 56.4 Å². The highest BCUT2D eigenvalue weighted by Crippen LogP contribution is 2.30. The molecule has 0 unspecified atom stereocenters. The molecule has 2 heterocycles. The average Bonchev–Trinajstić information content (AvgIpc) is 2.72. The van der Waals surface area contributed by atoms with Crippen LogP contribution in [0.4, 0.5) is 13.2 Å². The lowest BCUT2D eigenvalue weighted by Crippen LogP contribution is -2.15. The van der Waals surface area contributed by atoms with Gasteiger partial charge in [-0.2, -0.15) is 29.0 Å². The van der Waals surface area contributed by atoms with E-state index in [1.807, 2.05) is 13.8 Å². The second-order valence-corrected chi connectivity index (χ2v) is 8.33. The van der Waals surface area contributed by atoms with Gasteiger partial charge in [0.2, 0.25) is 0 Å². The monoisotopic (exact) mass is 451 g/mol. The SMILES string of the molecule is C=C(CC)c1ncc(C(C)(C)C#N)cc1[S-](=N)=O.CCc1cc(C(F)(F)F)cnc1C. The average molecular weight is 452 g/mol. The van der Waals surface area contributed by atoms with Crippen molar-refractivity contribution in [1.29, 1.82) is 10.0 Å². The van der Waals surface area contributed by atoms with E-state index < -0.39 is 27.8 Å². The maximum absolute atomic E-state index is 12.2. The van der Waals surface area contributed by atoms with Gasteiger partial charge in [0.1, 0.15) is 0 Å². The third-order valence-electron chi connectivity index (χ3n) is 4.72. The fraction of sp³-hybridized carbons (Fsp3) is 0.409. The van der Waals surface area contributed by atoms with E-state index >= 15 is 0 Å². The minimum Gasteiger partial charge on any atom is -0.440 e. The standard InChI is InChI=1S/C13H16N3OS.C9H10F3N/c1-5-9(2)12-11(18(15)17)6-10(7-16-12)13(3,4)8-14;1-3-7-4-8(9(10,11)12)5-13-6(7)2/h6-7,15H,2,5H2,1,3-4H3;4-5H,3H2,1-2H3/q-1;. The van der Waals surface area contributed by atoms with Gasteiger partial charge in [-0.25, -0.2) is 0 Å². The van der Waals surface area contributed by atoms with E-state index in [2.05, 4.69) is 22.6 Å². The molecule has 0 radical (unpaired) electrons. The number of halogens is 3. The molecule has 2 aromatic heterocycles. The molecule has 0 spiro atoms. The number of hydrogen-bond acceptors (Lipinski definition) is 6. The fourth-order valence-corrected chi connectivity index (χ4v) is 3.12. The van der Waals surface area contributed by atoms with Crippen molar-refractivity contribution >= 4 is 16.2 Å². The summed E-state index contributed by atoms with van der Waals surface area (Å²) in [7, 11) is -1.89. The molecule has 0 bridgehead atoms. The molecular formula is C22H26F3N4OS-. The van der Waals surface area contributed by atoms with Crippen molar-refractivity contribution in [3.63, 3.8) is 0 Å². The van der Waals surface area contributed by atoms with E-state index in [0.29, 0.717) is 40.3 Å². The lowest BCUT2D eigenvalue weighted by Gasteiger charge is -2.19. The Morgan fingerprint density at radius 1 is 1.19 bits per heavy atom. The molecule has 0 aliphatic rings. The Morgan fingerprint density at radius 3 is 2.23 bits per heavy atom. The molecule has 0 atom stereocenters. The fourth-order valence-electron chi connectivity index (χ4n) is 2.52. The molecule has 0 aliphatic carbocycles. The van der Waals surface area contributed by atoms with Gasteiger partial charge in [-0.3, -0.25) is 9.97 Å². The summed E-state index contributed by atoms with van der Waals surface area (Å²) >= 11 is 0. The predicted octanol–water partition coefficient (Wildman–Crippen LogP) is 6.36. The zero-order valence-corrected chi connectivity index (χ0v) is 19.0. The van der Waals surface area contributed by atoms with Crippen molar-refractivity contribution in [2.45, 2.75) is 63.9 Å². The Bertz CT molecular complexity index is 1060. The van der Waals surface area contributed by atoms with Crippen LogP contribution in [0.1, 0.15) is 62.2 Å². The smallest absolute Gasteiger partial charge is 0.417 e. The van der Waals surface area contributed by atoms with E-state index in [4.69, 9.17) is 10.0 Å². The molecule has 168 valence electrons. The highest BCUT2D eigenvalue weighted by Gasteiger charge is 2.31. The number of pyridine rings is 2. The van der Waals surface area contributed by atoms with Crippen LogP contribution in [0.25, 0.3) is 5.57 Å². The quantitative estimate of drug-likeness (QED) is 0.535. The van der Waals surface area contributed by atoms with Crippen LogP contribution in [0, 0.1) is 23.0 Å². The summed E-state index contributed by atoms with van der Waals surface area (Å²) in [6.45, 7) is 12.8. The first-order valence-electron chi connectivity index (χ1n) is 9.54. The van der Waals surface area contributed by atoms with E-state index in [1.54, 1.807) is 33.0 Å². The Hall–Kier alpha value is -2.73. The first-order valence-corrected chi connectivity index (χ1v) is 10.7. The molecule has 1 N–H and O–H groups in total. The molecule has 0 fully saturated rings. The van der Waals surface area contributed by atoms with Crippen molar-refractivity contribution in [3.05, 3.63) is 59.2 Å². The number of nitrogens with one attached hydrogen (secondary N) is 1. The van der Waals surface area contributed by atoms with Gasteiger partial charge < -0.3 is 8.99 Å². The summed E-state index contributed by atoms with van der Waals surface area (Å²) in [5, 5.41) is 9.08. The van der Waals surface area contributed by atoms with Crippen molar-refractivity contribution in [3.8, 4) is 6.07 Å².